The first-order valence-electron chi connectivity index (χ1n) is 9.36. The number of para-hydroxylation sites is 1. The number of ether oxygens (including phenoxy) is 2. The molecule has 0 bridgehead atoms. The first kappa shape index (κ1) is 20.2. The van der Waals surface area contributed by atoms with Crippen molar-refractivity contribution in [3.8, 4) is 11.5 Å². The largest absolute Gasteiger partial charge is 0.493 e. The minimum absolute atomic E-state index is 0.301. The molecule has 0 aliphatic heterocycles. The molecule has 0 radical (unpaired) electrons. The minimum atomic E-state index is -0.470. The molecule has 0 unspecified atom stereocenters. The molecule has 0 fully saturated rings. The molecular weight excluding hydrogens is 370 g/mol. The fourth-order valence-electron chi connectivity index (χ4n) is 2.95. The molecule has 0 aliphatic rings. The Morgan fingerprint density at radius 3 is 2.69 bits per heavy atom. The summed E-state index contributed by atoms with van der Waals surface area (Å²) in [6, 6.07) is 14.0. The summed E-state index contributed by atoms with van der Waals surface area (Å²) < 4.78 is 16.0. The molecule has 0 saturated heterocycles. The number of anilines is 2. The van der Waals surface area contributed by atoms with E-state index in [4.69, 9.17) is 13.9 Å². The molecule has 0 atom stereocenters. The van der Waals surface area contributed by atoms with E-state index in [0.29, 0.717) is 22.8 Å². The van der Waals surface area contributed by atoms with Crippen molar-refractivity contribution in [2.75, 3.05) is 19.1 Å². The van der Waals surface area contributed by atoms with E-state index in [1.807, 2.05) is 43.1 Å². The summed E-state index contributed by atoms with van der Waals surface area (Å²) in [5.74, 6) is 0.273. The highest BCUT2D eigenvalue weighted by molar-refractivity contribution is 5.92. The molecule has 3 aromatic rings. The van der Waals surface area contributed by atoms with E-state index < -0.39 is 11.6 Å². The number of rotatable bonds is 7. The second-order valence-corrected chi connectivity index (χ2v) is 6.45. The van der Waals surface area contributed by atoms with Gasteiger partial charge in [0.15, 0.2) is 11.5 Å². The van der Waals surface area contributed by atoms with E-state index in [2.05, 4.69) is 0 Å². The topological polar surface area (TPSA) is 69.0 Å². The number of allylic oxidation sites excluding steroid dienone is 1. The van der Waals surface area contributed by atoms with Gasteiger partial charge in [-0.05, 0) is 30.7 Å². The van der Waals surface area contributed by atoms with Gasteiger partial charge in [0.25, 0.3) is 0 Å². The molecule has 0 spiro atoms. The van der Waals surface area contributed by atoms with Crippen molar-refractivity contribution in [2.45, 2.75) is 19.8 Å². The van der Waals surface area contributed by atoms with Gasteiger partial charge in [0.05, 0.1) is 12.8 Å². The van der Waals surface area contributed by atoms with Crippen molar-refractivity contribution in [3.05, 3.63) is 71.1 Å². The van der Waals surface area contributed by atoms with Crippen molar-refractivity contribution in [1.82, 2.24) is 0 Å². The van der Waals surface area contributed by atoms with Crippen LogP contribution in [0.15, 0.2) is 69.9 Å². The van der Waals surface area contributed by atoms with Gasteiger partial charge >= 0.3 is 11.6 Å². The normalized spacial score (nSPS) is 11.0. The molecule has 6 nitrogen and oxygen atoms in total. The molecule has 0 aliphatic carbocycles. The number of carbonyl (C=O) groups is 1. The fraction of sp³-hybridized carbons (Fsp3) is 0.217. The van der Waals surface area contributed by atoms with E-state index in [9.17, 15) is 9.59 Å². The van der Waals surface area contributed by atoms with Crippen LogP contribution >= 0.6 is 0 Å². The number of esters is 1. The lowest BCUT2D eigenvalue weighted by atomic mass is 10.1. The summed E-state index contributed by atoms with van der Waals surface area (Å²) in [5, 5.41) is 0.798. The Hall–Kier alpha value is -3.54. The van der Waals surface area contributed by atoms with Crippen LogP contribution in [0, 0.1) is 0 Å². The van der Waals surface area contributed by atoms with Gasteiger partial charge in [0.2, 0.25) is 0 Å². The van der Waals surface area contributed by atoms with Crippen molar-refractivity contribution in [2.24, 2.45) is 0 Å². The van der Waals surface area contributed by atoms with Gasteiger partial charge in [-0.3, -0.25) is 0 Å². The number of nitrogens with zero attached hydrogens (tertiary/aromatic N) is 1. The number of fused-ring (bicyclic) bond motifs is 1. The highest BCUT2D eigenvalue weighted by Crippen LogP contribution is 2.36. The standard InChI is InChI=1S/C23H23NO5/c1-4-5-6-11-22(25)29-21-14-16(12-13-20(21)27-3)24(2)18-15-23(26)28-19-10-8-7-9-17(18)19/h6-15H,4-5H2,1-3H3/b11-6+. The molecule has 1 heterocycles. The van der Waals surface area contributed by atoms with E-state index in [1.54, 1.807) is 24.3 Å². The summed E-state index contributed by atoms with van der Waals surface area (Å²) in [6.07, 6.45) is 4.94. The fourth-order valence-corrected chi connectivity index (χ4v) is 2.95. The van der Waals surface area contributed by atoms with E-state index in [-0.39, 0.29) is 0 Å². The average molecular weight is 393 g/mol. The molecule has 150 valence electrons. The van der Waals surface area contributed by atoms with Gasteiger partial charge in [0, 0.05) is 36.3 Å². The van der Waals surface area contributed by atoms with Gasteiger partial charge in [-0.15, -0.1) is 0 Å². The molecule has 29 heavy (non-hydrogen) atoms. The second-order valence-electron chi connectivity index (χ2n) is 6.45. The maximum absolute atomic E-state index is 12.1. The van der Waals surface area contributed by atoms with Crippen LogP contribution in [0.1, 0.15) is 19.8 Å². The summed E-state index contributed by atoms with van der Waals surface area (Å²) >= 11 is 0. The van der Waals surface area contributed by atoms with Gasteiger partial charge in [-0.1, -0.05) is 31.6 Å². The quantitative estimate of drug-likeness (QED) is 0.248. The third-order valence-electron chi connectivity index (χ3n) is 4.44. The Balaban J connectivity index is 1.97. The molecule has 2 aromatic carbocycles. The van der Waals surface area contributed by atoms with Crippen molar-refractivity contribution in [1.29, 1.82) is 0 Å². The Labute approximate surface area is 169 Å². The minimum Gasteiger partial charge on any atom is -0.493 e. The highest BCUT2D eigenvalue weighted by Gasteiger charge is 2.15. The van der Waals surface area contributed by atoms with Crippen LogP contribution in [-0.4, -0.2) is 20.1 Å². The summed E-state index contributed by atoms with van der Waals surface area (Å²) in [4.78, 5) is 25.9. The Morgan fingerprint density at radius 1 is 1.14 bits per heavy atom. The lowest BCUT2D eigenvalue weighted by Gasteiger charge is -2.22. The molecule has 0 amide bonds. The third kappa shape index (κ3) is 4.66. The van der Waals surface area contributed by atoms with E-state index in [0.717, 1.165) is 23.9 Å². The third-order valence-corrected chi connectivity index (χ3v) is 4.44. The predicted molar refractivity (Wildman–Crippen MR) is 113 cm³/mol. The van der Waals surface area contributed by atoms with Crippen molar-refractivity contribution in [3.63, 3.8) is 0 Å². The molecule has 6 heteroatoms. The number of methoxy groups -OCH3 is 1. The monoisotopic (exact) mass is 393 g/mol. The SMILES string of the molecule is CCC/C=C/C(=O)Oc1cc(N(C)c2cc(=O)oc3ccccc23)ccc1OC. The molecule has 1 aromatic heterocycles. The molecule has 0 N–H and O–H groups in total. The first-order valence-corrected chi connectivity index (χ1v) is 9.36. The van der Waals surface area contributed by atoms with Crippen molar-refractivity contribution < 1.29 is 18.7 Å². The zero-order valence-corrected chi connectivity index (χ0v) is 16.7. The van der Waals surface area contributed by atoms with Gasteiger partial charge in [-0.25, -0.2) is 9.59 Å². The summed E-state index contributed by atoms with van der Waals surface area (Å²) in [6.45, 7) is 2.03. The highest BCUT2D eigenvalue weighted by atomic mass is 16.6. The van der Waals surface area contributed by atoms with Crippen LogP contribution in [0.2, 0.25) is 0 Å². The van der Waals surface area contributed by atoms with Gasteiger partial charge in [0.1, 0.15) is 5.58 Å². The average Bonchev–Trinajstić information content (AvgIpc) is 2.72. The van der Waals surface area contributed by atoms with Crippen LogP contribution in [0.25, 0.3) is 11.0 Å². The second kappa shape index (κ2) is 9.10. The van der Waals surface area contributed by atoms with E-state index >= 15 is 0 Å². The predicted octanol–water partition coefficient (Wildman–Crippen LogP) is 4.83. The molecular formula is C23H23NO5. The Morgan fingerprint density at radius 2 is 1.93 bits per heavy atom. The Kier molecular flexibility index (Phi) is 6.34. The molecule has 3 rings (SSSR count). The smallest absolute Gasteiger partial charge is 0.338 e. The van der Waals surface area contributed by atoms with E-state index in [1.165, 1.54) is 19.3 Å². The number of hydrogen-bond donors (Lipinski definition) is 0. The molecule has 0 saturated carbocycles. The lowest BCUT2D eigenvalue weighted by Crippen LogP contribution is -2.13. The van der Waals surface area contributed by atoms with Crippen molar-refractivity contribution >= 4 is 28.3 Å². The summed E-state index contributed by atoms with van der Waals surface area (Å²) in [5.41, 5.74) is 1.47. The number of unbranched alkanes of at least 4 members (excludes halogenated alkanes) is 1. The Bertz CT molecular complexity index is 1100. The zero-order valence-electron chi connectivity index (χ0n) is 16.7. The van der Waals surface area contributed by atoms with Crippen LogP contribution in [0.3, 0.4) is 0 Å². The van der Waals surface area contributed by atoms with Gasteiger partial charge < -0.3 is 18.8 Å². The van der Waals surface area contributed by atoms with Crippen LogP contribution < -0.4 is 20.0 Å². The lowest BCUT2D eigenvalue weighted by molar-refractivity contribution is -0.129. The van der Waals surface area contributed by atoms with Crippen LogP contribution in [-0.2, 0) is 4.79 Å². The maximum Gasteiger partial charge on any atom is 0.338 e. The number of carbonyl (C=O) groups excluding carboxylic acids is 1. The summed E-state index contributed by atoms with van der Waals surface area (Å²) in [7, 11) is 3.34. The zero-order chi connectivity index (χ0) is 20.8. The number of benzene rings is 2. The van der Waals surface area contributed by atoms with Gasteiger partial charge in [-0.2, -0.15) is 0 Å². The maximum atomic E-state index is 12.1. The number of hydrogen-bond acceptors (Lipinski definition) is 6. The first-order chi connectivity index (χ1) is 14.0. The van der Waals surface area contributed by atoms with Crippen LogP contribution in [0.4, 0.5) is 11.4 Å². The van der Waals surface area contributed by atoms with Crippen LogP contribution in [0.5, 0.6) is 11.5 Å².